The zero-order valence-electron chi connectivity index (χ0n) is 14.0. The summed E-state index contributed by atoms with van der Waals surface area (Å²) in [6.07, 6.45) is 6.74. The Morgan fingerprint density at radius 3 is 2.43 bits per heavy atom. The second kappa shape index (κ2) is 7.62. The lowest BCUT2D eigenvalue weighted by atomic mass is 9.97. The topological polar surface area (TPSA) is 78.7 Å². The lowest BCUT2D eigenvalue weighted by molar-refractivity contribution is -0.136. The van der Waals surface area contributed by atoms with Gasteiger partial charge in [-0.1, -0.05) is 0 Å². The fourth-order valence-corrected chi connectivity index (χ4v) is 3.68. The maximum Gasteiger partial charge on any atom is 0.236 e. The number of nitrogens with one attached hydrogen (secondary N) is 1. The van der Waals surface area contributed by atoms with Gasteiger partial charge in [-0.05, 0) is 51.0 Å². The molecule has 1 unspecified atom stereocenters. The summed E-state index contributed by atoms with van der Waals surface area (Å²) in [5, 5.41) is 3.67. The van der Waals surface area contributed by atoms with Crippen LogP contribution in [0.25, 0.3) is 0 Å². The van der Waals surface area contributed by atoms with Crippen molar-refractivity contribution in [2.45, 2.75) is 44.6 Å². The summed E-state index contributed by atoms with van der Waals surface area (Å²) in [6.45, 7) is 4.91. The SMILES string of the molecule is NC(=O)C1CCCN(C(=O)CN2CCC(NCC3CC3)CC2)C1. The third-order valence-electron chi connectivity index (χ3n) is 5.52. The van der Waals surface area contributed by atoms with Crippen molar-refractivity contribution >= 4 is 11.8 Å². The molecular weight excluding hydrogens is 292 g/mol. The molecule has 0 radical (unpaired) electrons. The standard InChI is InChI=1S/C17H30N4O2/c18-17(23)14-2-1-7-21(11-14)16(22)12-20-8-5-15(6-9-20)19-10-13-3-4-13/h13-15,19H,1-12H2,(H2,18,23). The molecule has 1 aliphatic carbocycles. The van der Waals surface area contributed by atoms with Gasteiger partial charge in [0.1, 0.15) is 0 Å². The molecule has 2 aliphatic heterocycles. The van der Waals surface area contributed by atoms with Gasteiger partial charge in [-0.25, -0.2) is 0 Å². The molecule has 2 amide bonds. The van der Waals surface area contributed by atoms with Crippen LogP contribution in [-0.4, -0.2) is 66.9 Å². The third-order valence-corrected chi connectivity index (χ3v) is 5.52. The van der Waals surface area contributed by atoms with Crippen molar-refractivity contribution in [1.29, 1.82) is 0 Å². The Bertz CT molecular complexity index is 430. The van der Waals surface area contributed by atoms with Crippen molar-refractivity contribution in [3.63, 3.8) is 0 Å². The third kappa shape index (κ3) is 4.91. The number of carbonyl (C=O) groups is 2. The normalized spacial score (nSPS) is 27.1. The van der Waals surface area contributed by atoms with E-state index in [1.54, 1.807) is 0 Å². The van der Waals surface area contributed by atoms with Crippen LogP contribution in [0.4, 0.5) is 0 Å². The van der Waals surface area contributed by atoms with Gasteiger partial charge in [0, 0.05) is 32.2 Å². The second-order valence-corrected chi connectivity index (χ2v) is 7.48. The van der Waals surface area contributed by atoms with Gasteiger partial charge in [0.15, 0.2) is 0 Å². The number of rotatable bonds is 6. The average Bonchev–Trinajstić information content (AvgIpc) is 3.38. The summed E-state index contributed by atoms with van der Waals surface area (Å²) >= 11 is 0. The molecule has 0 aromatic heterocycles. The highest BCUT2D eigenvalue weighted by molar-refractivity contribution is 5.81. The van der Waals surface area contributed by atoms with Crippen LogP contribution in [0.1, 0.15) is 38.5 Å². The summed E-state index contributed by atoms with van der Waals surface area (Å²) in [6, 6.07) is 0.621. The van der Waals surface area contributed by atoms with E-state index in [4.69, 9.17) is 5.73 Å². The van der Waals surface area contributed by atoms with Crippen molar-refractivity contribution in [1.82, 2.24) is 15.1 Å². The first-order valence-corrected chi connectivity index (χ1v) is 9.14. The minimum Gasteiger partial charge on any atom is -0.369 e. The van der Waals surface area contributed by atoms with Crippen LogP contribution in [0.5, 0.6) is 0 Å². The zero-order valence-corrected chi connectivity index (χ0v) is 14.0. The van der Waals surface area contributed by atoms with Crippen molar-refractivity contribution in [2.75, 3.05) is 39.3 Å². The van der Waals surface area contributed by atoms with Crippen LogP contribution in [0.15, 0.2) is 0 Å². The molecule has 0 aromatic carbocycles. The number of likely N-dealkylation sites (tertiary alicyclic amines) is 2. The van der Waals surface area contributed by atoms with Crippen LogP contribution in [-0.2, 0) is 9.59 Å². The van der Waals surface area contributed by atoms with E-state index < -0.39 is 0 Å². The van der Waals surface area contributed by atoms with E-state index in [0.29, 0.717) is 19.1 Å². The van der Waals surface area contributed by atoms with E-state index in [-0.39, 0.29) is 17.7 Å². The molecule has 0 bridgehead atoms. The average molecular weight is 322 g/mol. The van der Waals surface area contributed by atoms with Crippen molar-refractivity contribution in [3.8, 4) is 0 Å². The van der Waals surface area contributed by atoms with Gasteiger partial charge in [-0.15, -0.1) is 0 Å². The highest BCUT2D eigenvalue weighted by atomic mass is 16.2. The number of piperidine rings is 2. The first kappa shape index (κ1) is 16.7. The molecule has 2 saturated heterocycles. The number of nitrogens with zero attached hydrogens (tertiary/aromatic N) is 2. The van der Waals surface area contributed by atoms with Gasteiger partial charge < -0.3 is 16.0 Å². The highest BCUT2D eigenvalue weighted by Crippen LogP contribution is 2.28. The predicted octanol–water partition coefficient (Wildman–Crippen LogP) is 0.174. The molecule has 6 heteroatoms. The Hall–Kier alpha value is -1.14. The van der Waals surface area contributed by atoms with Gasteiger partial charge in [0.2, 0.25) is 11.8 Å². The van der Waals surface area contributed by atoms with Crippen LogP contribution in [0, 0.1) is 11.8 Å². The Morgan fingerprint density at radius 1 is 1.04 bits per heavy atom. The van der Waals surface area contributed by atoms with Gasteiger partial charge in [-0.3, -0.25) is 14.5 Å². The molecule has 0 aromatic rings. The fraction of sp³-hybridized carbons (Fsp3) is 0.882. The van der Waals surface area contributed by atoms with Crippen molar-refractivity contribution < 1.29 is 9.59 Å². The summed E-state index contributed by atoms with van der Waals surface area (Å²) < 4.78 is 0. The summed E-state index contributed by atoms with van der Waals surface area (Å²) in [4.78, 5) is 27.9. The number of hydrogen-bond donors (Lipinski definition) is 2. The molecule has 23 heavy (non-hydrogen) atoms. The molecule has 130 valence electrons. The minimum atomic E-state index is -0.273. The molecule has 3 rings (SSSR count). The Balaban J connectivity index is 1.37. The molecule has 2 heterocycles. The van der Waals surface area contributed by atoms with Crippen LogP contribution in [0.2, 0.25) is 0 Å². The van der Waals surface area contributed by atoms with E-state index in [9.17, 15) is 9.59 Å². The number of hydrogen-bond acceptors (Lipinski definition) is 4. The number of carbonyl (C=O) groups excluding carboxylic acids is 2. The van der Waals surface area contributed by atoms with E-state index in [1.807, 2.05) is 4.90 Å². The Morgan fingerprint density at radius 2 is 1.78 bits per heavy atom. The van der Waals surface area contributed by atoms with Crippen LogP contribution >= 0.6 is 0 Å². The van der Waals surface area contributed by atoms with Crippen molar-refractivity contribution in [3.05, 3.63) is 0 Å². The molecule has 0 spiro atoms. The maximum absolute atomic E-state index is 12.5. The molecule has 3 N–H and O–H groups in total. The molecule has 3 aliphatic rings. The summed E-state index contributed by atoms with van der Waals surface area (Å²) in [5.74, 6) is 0.641. The predicted molar refractivity (Wildman–Crippen MR) is 88.7 cm³/mol. The molecular formula is C17H30N4O2. The number of primary amides is 1. The monoisotopic (exact) mass is 322 g/mol. The van der Waals surface area contributed by atoms with Crippen LogP contribution in [0.3, 0.4) is 0 Å². The van der Waals surface area contributed by atoms with Gasteiger partial charge >= 0.3 is 0 Å². The number of nitrogens with two attached hydrogens (primary N) is 1. The summed E-state index contributed by atoms with van der Waals surface area (Å²) in [5.41, 5.74) is 5.39. The lowest BCUT2D eigenvalue weighted by Crippen LogP contribution is -2.50. The Labute approximate surface area is 138 Å². The Kier molecular flexibility index (Phi) is 5.54. The molecule has 1 atom stereocenters. The molecule has 3 fully saturated rings. The highest BCUT2D eigenvalue weighted by Gasteiger charge is 2.29. The molecule has 1 saturated carbocycles. The maximum atomic E-state index is 12.5. The summed E-state index contributed by atoms with van der Waals surface area (Å²) in [7, 11) is 0. The smallest absolute Gasteiger partial charge is 0.236 e. The van der Waals surface area contributed by atoms with E-state index in [0.717, 1.165) is 51.2 Å². The van der Waals surface area contributed by atoms with E-state index in [1.165, 1.54) is 19.4 Å². The minimum absolute atomic E-state index is 0.153. The van der Waals surface area contributed by atoms with E-state index >= 15 is 0 Å². The fourth-order valence-electron chi connectivity index (χ4n) is 3.68. The number of amides is 2. The zero-order chi connectivity index (χ0) is 16.2. The quantitative estimate of drug-likeness (QED) is 0.731. The lowest BCUT2D eigenvalue weighted by Gasteiger charge is -2.35. The first-order chi connectivity index (χ1) is 11.1. The van der Waals surface area contributed by atoms with Gasteiger partial charge in [0.25, 0.3) is 0 Å². The van der Waals surface area contributed by atoms with Gasteiger partial charge in [-0.2, -0.15) is 0 Å². The largest absolute Gasteiger partial charge is 0.369 e. The van der Waals surface area contributed by atoms with E-state index in [2.05, 4.69) is 10.2 Å². The first-order valence-electron chi connectivity index (χ1n) is 9.14. The van der Waals surface area contributed by atoms with Gasteiger partial charge in [0.05, 0.1) is 12.5 Å². The second-order valence-electron chi connectivity index (χ2n) is 7.48. The van der Waals surface area contributed by atoms with Crippen LogP contribution < -0.4 is 11.1 Å². The van der Waals surface area contributed by atoms with Crippen molar-refractivity contribution in [2.24, 2.45) is 17.6 Å². The molecule has 6 nitrogen and oxygen atoms in total.